The van der Waals surface area contributed by atoms with Gasteiger partial charge in [-0.15, -0.1) is 0 Å². The number of aryl methyl sites for hydroxylation is 2. The number of aliphatic hydroxyl groups is 2. The van der Waals surface area contributed by atoms with Crippen molar-refractivity contribution in [2.45, 2.75) is 33.1 Å². The van der Waals surface area contributed by atoms with Crippen LogP contribution in [0.1, 0.15) is 17.0 Å². The van der Waals surface area contributed by atoms with Crippen LogP contribution >= 0.6 is 0 Å². The Kier molecular flexibility index (Phi) is 4.83. The van der Waals surface area contributed by atoms with Gasteiger partial charge >= 0.3 is 0 Å². The highest BCUT2D eigenvalue weighted by molar-refractivity contribution is 5.75. The first-order valence-electron chi connectivity index (χ1n) is 8.01. The fraction of sp³-hybridized carbons (Fsp3) is 0.316. The standard InChI is InChI=1S/C19H22N2O3/c1-13-7-14(2)9-16(8-13)24-12-15(23)10-21-18-6-4-3-5-17(18)20-19(21)11-22/h3-9,15,22-23H,10-12H2,1-2H3/t15-/m0/s1. The Morgan fingerprint density at radius 3 is 2.54 bits per heavy atom. The Hall–Kier alpha value is -2.37. The molecule has 0 aliphatic heterocycles. The number of aliphatic hydroxyl groups excluding tert-OH is 2. The molecule has 126 valence electrons. The fourth-order valence-electron chi connectivity index (χ4n) is 2.92. The minimum absolute atomic E-state index is 0.167. The lowest BCUT2D eigenvalue weighted by Gasteiger charge is -2.15. The Morgan fingerprint density at radius 1 is 1.12 bits per heavy atom. The number of benzene rings is 2. The smallest absolute Gasteiger partial charge is 0.135 e. The second-order valence-electron chi connectivity index (χ2n) is 6.07. The van der Waals surface area contributed by atoms with E-state index in [0.717, 1.165) is 27.9 Å². The summed E-state index contributed by atoms with van der Waals surface area (Å²) in [4.78, 5) is 4.39. The summed E-state index contributed by atoms with van der Waals surface area (Å²) >= 11 is 0. The van der Waals surface area contributed by atoms with E-state index in [9.17, 15) is 10.2 Å². The maximum atomic E-state index is 10.3. The van der Waals surface area contributed by atoms with Crippen LogP contribution in [0, 0.1) is 13.8 Å². The molecule has 24 heavy (non-hydrogen) atoms. The molecule has 5 heteroatoms. The summed E-state index contributed by atoms with van der Waals surface area (Å²) < 4.78 is 7.56. The zero-order chi connectivity index (χ0) is 17.1. The van der Waals surface area contributed by atoms with Gasteiger partial charge in [-0.25, -0.2) is 4.98 Å². The highest BCUT2D eigenvalue weighted by atomic mass is 16.5. The summed E-state index contributed by atoms with van der Waals surface area (Å²) in [5, 5.41) is 19.9. The normalized spacial score (nSPS) is 12.5. The second-order valence-corrected chi connectivity index (χ2v) is 6.07. The van der Waals surface area contributed by atoms with Crippen LogP contribution in [0.4, 0.5) is 0 Å². The number of para-hydroxylation sites is 2. The minimum Gasteiger partial charge on any atom is -0.491 e. The van der Waals surface area contributed by atoms with Crippen LogP contribution in [0.5, 0.6) is 5.75 Å². The van der Waals surface area contributed by atoms with Crippen molar-refractivity contribution in [3.8, 4) is 5.75 Å². The van der Waals surface area contributed by atoms with Gasteiger partial charge in [-0.2, -0.15) is 0 Å². The molecule has 1 heterocycles. The SMILES string of the molecule is Cc1cc(C)cc(OC[C@@H](O)Cn2c(CO)nc3ccccc32)c1. The Labute approximate surface area is 141 Å². The topological polar surface area (TPSA) is 67.5 Å². The Morgan fingerprint density at radius 2 is 1.83 bits per heavy atom. The molecule has 0 saturated heterocycles. The van der Waals surface area contributed by atoms with E-state index in [0.29, 0.717) is 12.4 Å². The maximum absolute atomic E-state index is 10.3. The number of aromatic nitrogens is 2. The van der Waals surface area contributed by atoms with Crippen LogP contribution < -0.4 is 4.74 Å². The molecule has 2 aromatic carbocycles. The number of fused-ring (bicyclic) bond motifs is 1. The molecule has 0 unspecified atom stereocenters. The van der Waals surface area contributed by atoms with E-state index in [1.54, 1.807) is 0 Å². The van der Waals surface area contributed by atoms with Gasteiger partial charge in [0.1, 0.15) is 30.9 Å². The van der Waals surface area contributed by atoms with Gasteiger partial charge in [-0.05, 0) is 49.2 Å². The maximum Gasteiger partial charge on any atom is 0.135 e. The number of hydrogen-bond acceptors (Lipinski definition) is 4. The van der Waals surface area contributed by atoms with Crippen LogP contribution in [-0.4, -0.2) is 32.5 Å². The number of imidazole rings is 1. The Balaban J connectivity index is 1.72. The van der Waals surface area contributed by atoms with Gasteiger partial charge in [-0.3, -0.25) is 0 Å². The predicted octanol–water partition coefficient (Wildman–Crippen LogP) is 2.59. The molecule has 3 rings (SSSR count). The van der Waals surface area contributed by atoms with Gasteiger partial charge in [0.2, 0.25) is 0 Å². The average Bonchev–Trinajstić information content (AvgIpc) is 2.90. The van der Waals surface area contributed by atoms with Crippen molar-refractivity contribution in [3.05, 3.63) is 59.4 Å². The van der Waals surface area contributed by atoms with Gasteiger partial charge in [0.05, 0.1) is 17.6 Å². The van der Waals surface area contributed by atoms with Crippen molar-refractivity contribution in [2.24, 2.45) is 0 Å². The molecule has 0 saturated carbocycles. The van der Waals surface area contributed by atoms with E-state index in [4.69, 9.17) is 4.74 Å². The molecule has 0 radical (unpaired) electrons. The third kappa shape index (κ3) is 3.58. The number of nitrogens with zero attached hydrogens (tertiary/aromatic N) is 2. The first-order chi connectivity index (χ1) is 11.6. The zero-order valence-electron chi connectivity index (χ0n) is 13.9. The van der Waals surface area contributed by atoms with Crippen molar-refractivity contribution in [1.29, 1.82) is 0 Å². The number of hydrogen-bond donors (Lipinski definition) is 2. The molecule has 0 bridgehead atoms. The van der Waals surface area contributed by atoms with Crippen LogP contribution in [0.25, 0.3) is 11.0 Å². The average molecular weight is 326 g/mol. The highest BCUT2D eigenvalue weighted by Crippen LogP contribution is 2.18. The lowest BCUT2D eigenvalue weighted by atomic mass is 10.1. The molecule has 0 fully saturated rings. The second kappa shape index (κ2) is 7.03. The van der Waals surface area contributed by atoms with E-state index in [1.165, 1.54) is 0 Å². The molecular weight excluding hydrogens is 304 g/mol. The predicted molar refractivity (Wildman–Crippen MR) is 93.1 cm³/mol. The van der Waals surface area contributed by atoms with E-state index in [1.807, 2.05) is 54.8 Å². The summed E-state index contributed by atoms with van der Waals surface area (Å²) in [6.07, 6.45) is -0.700. The van der Waals surface area contributed by atoms with Crippen molar-refractivity contribution in [3.63, 3.8) is 0 Å². The molecule has 1 atom stereocenters. The largest absolute Gasteiger partial charge is 0.491 e. The third-order valence-corrected chi connectivity index (χ3v) is 3.91. The van der Waals surface area contributed by atoms with Crippen LogP contribution in [0.15, 0.2) is 42.5 Å². The van der Waals surface area contributed by atoms with Gasteiger partial charge in [-0.1, -0.05) is 18.2 Å². The summed E-state index contributed by atoms with van der Waals surface area (Å²) in [5.41, 5.74) is 3.96. The van der Waals surface area contributed by atoms with Crippen molar-refractivity contribution < 1.29 is 14.9 Å². The van der Waals surface area contributed by atoms with E-state index in [-0.39, 0.29) is 13.2 Å². The fourth-order valence-corrected chi connectivity index (χ4v) is 2.92. The van der Waals surface area contributed by atoms with Gasteiger partial charge in [0.15, 0.2) is 0 Å². The first-order valence-corrected chi connectivity index (χ1v) is 8.01. The first kappa shape index (κ1) is 16.5. The molecule has 0 spiro atoms. The molecule has 2 N–H and O–H groups in total. The van der Waals surface area contributed by atoms with Gasteiger partial charge < -0.3 is 19.5 Å². The quantitative estimate of drug-likeness (QED) is 0.731. The number of ether oxygens (including phenoxy) is 1. The minimum atomic E-state index is -0.700. The summed E-state index contributed by atoms with van der Waals surface area (Å²) in [7, 11) is 0. The van der Waals surface area contributed by atoms with Crippen molar-refractivity contribution in [1.82, 2.24) is 9.55 Å². The van der Waals surface area contributed by atoms with E-state index in [2.05, 4.69) is 11.1 Å². The monoisotopic (exact) mass is 326 g/mol. The molecular formula is C19H22N2O3. The molecule has 0 aliphatic carbocycles. The van der Waals surface area contributed by atoms with Crippen molar-refractivity contribution >= 4 is 11.0 Å². The van der Waals surface area contributed by atoms with Crippen LogP contribution in [0.3, 0.4) is 0 Å². The van der Waals surface area contributed by atoms with E-state index >= 15 is 0 Å². The zero-order valence-corrected chi connectivity index (χ0v) is 13.9. The summed E-state index contributed by atoms with van der Waals surface area (Å²) in [5.74, 6) is 1.30. The molecule has 0 aliphatic rings. The van der Waals surface area contributed by atoms with Crippen LogP contribution in [-0.2, 0) is 13.2 Å². The number of rotatable bonds is 6. The molecule has 3 aromatic rings. The lowest BCUT2D eigenvalue weighted by Crippen LogP contribution is -2.24. The van der Waals surface area contributed by atoms with Gasteiger partial charge in [0.25, 0.3) is 0 Å². The Bertz CT molecular complexity index is 821. The van der Waals surface area contributed by atoms with Gasteiger partial charge in [0, 0.05) is 0 Å². The molecule has 5 nitrogen and oxygen atoms in total. The van der Waals surface area contributed by atoms with E-state index < -0.39 is 6.10 Å². The molecule has 1 aromatic heterocycles. The lowest BCUT2D eigenvalue weighted by molar-refractivity contribution is 0.0914. The van der Waals surface area contributed by atoms with Crippen LogP contribution in [0.2, 0.25) is 0 Å². The molecule has 0 amide bonds. The van der Waals surface area contributed by atoms with Crippen molar-refractivity contribution in [2.75, 3.05) is 6.61 Å². The summed E-state index contributed by atoms with van der Waals surface area (Å²) in [6, 6.07) is 13.6. The summed E-state index contributed by atoms with van der Waals surface area (Å²) in [6.45, 7) is 4.36. The third-order valence-electron chi connectivity index (χ3n) is 3.91. The highest BCUT2D eigenvalue weighted by Gasteiger charge is 2.14.